The summed E-state index contributed by atoms with van der Waals surface area (Å²) >= 11 is 1.38. The summed E-state index contributed by atoms with van der Waals surface area (Å²) in [6.07, 6.45) is 0. The van der Waals surface area contributed by atoms with Gasteiger partial charge in [0.25, 0.3) is 5.91 Å². The molecule has 1 aromatic heterocycles. The normalized spacial score (nSPS) is 14.9. The van der Waals surface area contributed by atoms with Crippen LogP contribution < -0.4 is 4.74 Å². The predicted molar refractivity (Wildman–Crippen MR) is 128 cm³/mol. The van der Waals surface area contributed by atoms with Crippen molar-refractivity contribution in [1.82, 2.24) is 14.2 Å². The Hall–Kier alpha value is -2.75. The Balaban J connectivity index is 1.35. The van der Waals surface area contributed by atoms with Crippen LogP contribution in [-0.2, 0) is 16.6 Å². The first-order chi connectivity index (χ1) is 15.7. The minimum Gasteiger partial charge on any atom is -0.486 e. The maximum absolute atomic E-state index is 13.1. The molecule has 174 valence electrons. The van der Waals surface area contributed by atoms with E-state index in [1.807, 2.05) is 57.2 Å². The molecule has 0 aliphatic carbocycles. The molecule has 0 atom stereocenters. The maximum atomic E-state index is 13.1. The fourth-order valence-electron chi connectivity index (χ4n) is 3.78. The summed E-state index contributed by atoms with van der Waals surface area (Å²) in [7, 11) is -3.59. The molecule has 7 nitrogen and oxygen atoms in total. The summed E-state index contributed by atoms with van der Waals surface area (Å²) < 4.78 is 33.3. The van der Waals surface area contributed by atoms with Gasteiger partial charge in [0.05, 0.1) is 4.90 Å². The molecule has 0 bridgehead atoms. The molecule has 1 aliphatic rings. The van der Waals surface area contributed by atoms with E-state index in [9.17, 15) is 13.2 Å². The highest BCUT2D eigenvalue weighted by atomic mass is 32.2. The standard InChI is InChI=1S/C24H27N3O4S2/c1-17-4-7-20(8-5-17)31-15-23-25-21(16-32-23)24(28)26-10-12-27(13-11-26)33(29,30)22-9-6-18(2)14-19(22)3/h4-9,14,16H,10-13,15H2,1-3H3. The minimum absolute atomic E-state index is 0.184. The number of nitrogens with zero attached hydrogens (tertiary/aromatic N) is 3. The third-order valence-corrected chi connectivity index (χ3v) is 8.51. The minimum atomic E-state index is -3.59. The van der Waals surface area contributed by atoms with Gasteiger partial charge in [0.2, 0.25) is 10.0 Å². The number of amides is 1. The highest BCUT2D eigenvalue weighted by molar-refractivity contribution is 7.89. The first kappa shape index (κ1) is 23.4. The van der Waals surface area contributed by atoms with Crippen LogP contribution in [0.2, 0.25) is 0 Å². The average molecular weight is 486 g/mol. The van der Waals surface area contributed by atoms with E-state index in [1.54, 1.807) is 16.3 Å². The summed E-state index contributed by atoms with van der Waals surface area (Å²) in [5.41, 5.74) is 3.28. The van der Waals surface area contributed by atoms with Crippen LogP contribution in [0.5, 0.6) is 5.75 Å². The number of sulfonamides is 1. The predicted octanol–water partition coefficient (Wildman–Crippen LogP) is 3.79. The largest absolute Gasteiger partial charge is 0.486 e. The molecule has 3 aromatic rings. The van der Waals surface area contributed by atoms with Crippen molar-refractivity contribution in [3.05, 3.63) is 75.2 Å². The van der Waals surface area contributed by atoms with E-state index in [0.29, 0.717) is 30.3 Å². The zero-order valence-electron chi connectivity index (χ0n) is 18.9. The van der Waals surface area contributed by atoms with Crippen LogP contribution in [-0.4, -0.2) is 54.7 Å². The zero-order valence-corrected chi connectivity index (χ0v) is 20.6. The third kappa shape index (κ3) is 5.26. The molecule has 33 heavy (non-hydrogen) atoms. The molecule has 0 spiro atoms. The van der Waals surface area contributed by atoms with Gasteiger partial charge in [-0.3, -0.25) is 4.79 Å². The average Bonchev–Trinajstić information content (AvgIpc) is 3.27. The van der Waals surface area contributed by atoms with E-state index in [1.165, 1.54) is 15.6 Å². The number of carbonyl (C=O) groups is 1. The Labute approximate surface area is 198 Å². The molecule has 2 aromatic carbocycles. The Morgan fingerprint density at radius 2 is 1.67 bits per heavy atom. The second-order valence-corrected chi connectivity index (χ2v) is 11.0. The Morgan fingerprint density at radius 3 is 2.33 bits per heavy atom. The fourth-order valence-corrected chi connectivity index (χ4v) is 6.08. The van der Waals surface area contributed by atoms with Gasteiger partial charge in [-0.1, -0.05) is 35.4 Å². The number of carbonyl (C=O) groups excluding carboxylic acids is 1. The Bertz CT molecular complexity index is 1240. The number of hydrogen-bond acceptors (Lipinski definition) is 6. The van der Waals surface area contributed by atoms with Crippen LogP contribution in [0.4, 0.5) is 0 Å². The molecule has 0 saturated carbocycles. The first-order valence-electron chi connectivity index (χ1n) is 10.7. The van der Waals surface area contributed by atoms with Gasteiger partial charge in [-0.2, -0.15) is 4.31 Å². The number of rotatable bonds is 6. The van der Waals surface area contributed by atoms with Crippen molar-refractivity contribution in [3.8, 4) is 5.75 Å². The van der Waals surface area contributed by atoms with E-state index < -0.39 is 10.0 Å². The quantitative estimate of drug-likeness (QED) is 0.531. The van der Waals surface area contributed by atoms with Gasteiger partial charge in [-0.05, 0) is 44.5 Å². The number of benzene rings is 2. The summed E-state index contributed by atoms with van der Waals surface area (Å²) in [4.78, 5) is 19.3. The van der Waals surface area contributed by atoms with Crippen LogP contribution >= 0.6 is 11.3 Å². The van der Waals surface area contributed by atoms with Crippen LogP contribution in [0.3, 0.4) is 0 Å². The van der Waals surface area contributed by atoms with Crippen molar-refractivity contribution in [2.24, 2.45) is 0 Å². The van der Waals surface area contributed by atoms with Crippen LogP contribution in [0.25, 0.3) is 0 Å². The lowest BCUT2D eigenvalue weighted by atomic mass is 10.2. The maximum Gasteiger partial charge on any atom is 0.273 e. The summed E-state index contributed by atoms with van der Waals surface area (Å²) in [6, 6.07) is 13.1. The number of thiazole rings is 1. The molecular weight excluding hydrogens is 458 g/mol. The van der Waals surface area contributed by atoms with Gasteiger partial charge in [0.1, 0.15) is 23.1 Å². The zero-order chi connectivity index (χ0) is 23.6. The second-order valence-electron chi connectivity index (χ2n) is 8.19. The Kier molecular flexibility index (Phi) is 6.83. The first-order valence-corrected chi connectivity index (χ1v) is 13.1. The van der Waals surface area contributed by atoms with E-state index in [0.717, 1.165) is 27.4 Å². The molecule has 4 rings (SSSR count). The summed E-state index contributed by atoms with van der Waals surface area (Å²) in [6.45, 7) is 7.23. The van der Waals surface area contributed by atoms with Crippen molar-refractivity contribution in [1.29, 1.82) is 0 Å². The van der Waals surface area contributed by atoms with Crippen molar-refractivity contribution in [2.75, 3.05) is 26.2 Å². The molecule has 0 radical (unpaired) electrons. The van der Waals surface area contributed by atoms with Gasteiger partial charge < -0.3 is 9.64 Å². The molecule has 9 heteroatoms. The van der Waals surface area contributed by atoms with E-state index in [-0.39, 0.29) is 19.0 Å². The topological polar surface area (TPSA) is 79.8 Å². The second kappa shape index (κ2) is 9.62. The van der Waals surface area contributed by atoms with Crippen molar-refractivity contribution >= 4 is 27.3 Å². The number of aryl methyl sites for hydroxylation is 3. The molecular formula is C24H27N3O4S2. The monoisotopic (exact) mass is 485 g/mol. The molecule has 1 amide bonds. The third-order valence-electron chi connectivity index (χ3n) is 5.63. The highest BCUT2D eigenvalue weighted by Crippen LogP contribution is 2.23. The number of aromatic nitrogens is 1. The van der Waals surface area contributed by atoms with E-state index in [4.69, 9.17) is 4.74 Å². The van der Waals surface area contributed by atoms with Gasteiger partial charge >= 0.3 is 0 Å². The van der Waals surface area contributed by atoms with Crippen molar-refractivity contribution in [3.63, 3.8) is 0 Å². The lowest BCUT2D eigenvalue weighted by Crippen LogP contribution is -2.50. The number of ether oxygens (including phenoxy) is 1. The lowest BCUT2D eigenvalue weighted by molar-refractivity contribution is 0.0692. The van der Waals surface area contributed by atoms with E-state index in [2.05, 4.69) is 4.98 Å². The lowest BCUT2D eigenvalue weighted by Gasteiger charge is -2.34. The molecule has 1 aliphatic heterocycles. The molecule has 0 unspecified atom stereocenters. The van der Waals surface area contributed by atoms with Gasteiger partial charge in [0, 0.05) is 31.6 Å². The highest BCUT2D eigenvalue weighted by Gasteiger charge is 2.31. The van der Waals surface area contributed by atoms with Gasteiger partial charge in [-0.15, -0.1) is 11.3 Å². The molecule has 2 heterocycles. The van der Waals surface area contributed by atoms with Crippen molar-refractivity contribution in [2.45, 2.75) is 32.3 Å². The molecule has 0 N–H and O–H groups in total. The van der Waals surface area contributed by atoms with E-state index >= 15 is 0 Å². The van der Waals surface area contributed by atoms with Crippen LogP contribution in [0.1, 0.15) is 32.2 Å². The van der Waals surface area contributed by atoms with Crippen LogP contribution in [0, 0.1) is 20.8 Å². The molecule has 1 saturated heterocycles. The Morgan fingerprint density at radius 1 is 1.00 bits per heavy atom. The molecule has 1 fully saturated rings. The summed E-state index contributed by atoms with van der Waals surface area (Å²) in [5, 5.41) is 2.45. The fraction of sp³-hybridized carbons (Fsp3) is 0.333. The van der Waals surface area contributed by atoms with Gasteiger partial charge in [0.15, 0.2) is 0 Å². The smallest absolute Gasteiger partial charge is 0.273 e. The number of piperazine rings is 1. The number of hydrogen-bond donors (Lipinski definition) is 0. The SMILES string of the molecule is Cc1ccc(OCc2nc(C(=O)N3CCN(S(=O)(=O)c4ccc(C)cc4C)CC3)cs2)cc1. The summed E-state index contributed by atoms with van der Waals surface area (Å²) in [5.74, 6) is 0.571. The van der Waals surface area contributed by atoms with Crippen molar-refractivity contribution < 1.29 is 17.9 Å². The van der Waals surface area contributed by atoms with Gasteiger partial charge in [-0.25, -0.2) is 13.4 Å². The van der Waals surface area contributed by atoms with Crippen LogP contribution in [0.15, 0.2) is 52.7 Å².